The minimum atomic E-state index is -0.358. The molecule has 0 bridgehead atoms. The quantitative estimate of drug-likeness (QED) is 0.466. The smallest absolute Gasteiger partial charge is 0.242 e. The van der Waals surface area contributed by atoms with Gasteiger partial charge in [-0.25, -0.2) is 9.97 Å². The van der Waals surface area contributed by atoms with Gasteiger partial charge in [0.25, 0.3) is 0 Å². The van der Waals surface area contributed by atoms with E-state index in [1.54, 1.807) is 4.52 Å². The van der Waals surface area contributed by atoms with E-state index in [-0.39, 0.29) is 11.9 Å². The number of para-hydroxylation sites is 2. The number of anilines is 2. The first-order valence-electron chi connectivity index (χ1n) is 9.75. The molecule has 4 aromatic rings. The number of carbonyl (C=O) groups is 1. The second kappa shape index (κ2) is 7.05. The number of nitrogens with two attached hydrogens (primary N) is 1. The van der Waals surface area contributed by atoms with Gasteiger partial charge in [0.2, 0.25) is 11.9 Å². The predicted molar refractivity (Wildman–Crippen MR) is 112 cm³/mol. The number of hydrogen-bond acceptors (Lipinski definition) is 6. The zero-order valence-electron chi connectivity index (χ0n) is 15.8. The highest BCUT2D eigenvalue weighted by atomic mass is 16.2. The Bertz CT molecular complexity index is 1220. The average Bonchev–Trinajstić information content (AvgIpc) is 3.08. The summed E-state index contributed by atoms with van der Waals surface area (Å²) in [7, 11) is 0. The second-order valence-corrected chi connectivity index (χ2v) is 7.19. The van der Waals surface area contributed by atoms with Crippen molar-refractivity contribution in [3.63, 3.8) is 0 Å². The molecule has 8 heteroatoms. The van der Waals surface area contributed by atoms with Crippen molar-refractivity contribution in [2.45, 2.75) is 25.3 Å². The Morgan fingerprint density at radius 2 is 1.90 bits per heavy atom. The zero-order valence-corrected chi connectivity index (χ0v) is 15.8. The number of amides is 1. The van der Waals surface area contributed by atoms with Crippen molar-refractivity contribution in [3.8, 4) is 11.4 Å². The van der Waals surface area contributed by atoms with Crippen LogP contribution in [-0.2, 0) is 4.79 Å². The van der Waals surface area contributed by atoms with Gasteiger partial charge in [-0.1, -0.05) is 24.3 Å². The van der Waals surface area contributed by atoms with E-state index in [9.17, 15) is 4.79 Å². The van der Waals surface area contributed by atoms with E-state index >= 15 is 0 Å². The van der Waals surface area contributed by atoms with E-state index in [2.05, 4.69) is 15.7 Å². The summed E-state index contributed by atoms with van der Waals surface area (Å²) in [6.07, 6.45) is 2.69. The third-order valence-electron chi connectivity index (χ3n) is 5.22. The summed E-state index contributed by atoms with van der Waals surface area (Å²) in [4.78, 5) is 21.9. The topological polar surface area (TPSA) is 110 Å². The Morgan fingerprint density at radius 3 is 2.79 bits per heavy atom. The van der Waals surface area contributed by atoms with Gasteiger partial charge in [-0.3, -0.25) is 4.79 Å². The molecule has 8 nitrogen and oxygen atoms in total. The molecular weight excluding hydrogens is 366 g/mol. The summed E-state index contributed by atoms with van der Waals surface area (Å²) in [6.45, 7) is 0.707. The Kier molecular flexibility index (Phi) is 4.23. The molecule has 146 valence electrons. The van der Waals surface area contributed by atoms with Crippen molar-refractivity contribution in [1.29, 1.82) is 0 Å². The molecular formula is C21H21N7O. The maximum atomic E-state index is 12.4. The number of hydrogen-bond donors (Lipinski definition) is 3. The Balaban J connectivity index is 1.68. The highest BCUT2D eigenvalue weighted by Gasteiger charge is 2.23. The highest BCUT2D eigenvalue weighted by molar-refractivity contribution is 5.93. The monoisotopic (exact) mass is 387 g/mol. The number of aromatic nitrogens is 4. The molecule has 1 saturated heterocycles. The lowest BCUT2D eigenvalue weighted by molar-refractivity contribution is -0.121. The molecule has 2 aromatic carbocycles. The van der Waals surface area contributed by atoms with Gasteiger partial charge in [-0.2, -0.15) is 4.52 Å². The van der Waals surface area contributed by atoms with Crippen molar-refractivity contribution in [2.75, 3.05) is 17.6 Å². The molecule has 0 spiro atoms. The largest absolute Gasteiger partial charge is 0.398 e. The number of benzene rings is 2. The molecule has 1 fully saturated rings. The molecule has 2 aromatic heterocycles. The number of carbonyl (C=O) groups excluding carboxylic acids is 1. The van der Waals surface area contributed by atoms with Gasteiger partial charge in [-0.05, 0) is 43.5 Å². The average molecular weight is 387 g/mol. The van der Waals surface area contributed by atoms with Crippen molar-refractivity contribution >= 4 is 34.1 Å². The highest BCUT2D eigenvalue weighted by Crippen LogP contribution is 2.27. The molecule has 3 heterocycles. The maximum Gasteiger partial charge on any atom is 0.242 e. The van der Waals surface area contributed by atoms with Crippen LogP contribution in [0.5, 0.6) is 0 Å². The van der Waals surface area contributed by atoms with Crippen LogP contribution in [0.15, 0.2) is 48.5 Å². The molecule has 1 amide bonds. The Morgan fingerprint density at radius 1 is 1.07 bits per heavy atom. The lowest BCUT2D eigenvalue weighted by atomic mass is 10.1. The van der Waals surface area contributed by atoms with Crippen molar-refractivity contribution in [1.82, 2.24) is 24.9 Å². The van der Waals surface area contributed by atoms with E-state index in [0.29, 0.717) is 29.7 Å². The Labute approximate surface area is 167 Å². The number of fused-ring (bicyclic) bond motifs is 3. The van der Waals surface area contributed by atoms with E-state index in [0.717, 1.165) is 35.7 Å². The molecule has 0 unspecified atom stereocenters. The summed E-state index contributed by atoms with van der Waals surface area (Å²) in [6, 6.07) is 14.9. The van der Waals surface area contributed by atoms with E-state index in [1.165, 1.54) is 0 Å². The van der Waals surface area contributed by atoms with Crippen LogP contribution in [0.2, 0.25) is 0 Å². The van der Waals surface area contributed by atoms with Crippen LogP contribution >= 0.6 is 0 Å². The molecule has 0 radical (unpaired) electrons. The summed E-state index contributed by atoms with van der Waals surface area (Å²) in [5.74, 6) is 1.00. The molecule has 0 saturated carbocycles. The van der Waals surface area contributed by atoms with Gasteiger partial charge in [0, 0.05) is 23.2 Å². The molecule has 1 atom stereocenters. The van der Waals surface area contributed by atoms with E-state index in [1.807, 2.05) is 48.5 Å². The summed E-state index contributed by atoms with van der Waals surface area (Å²) >= 11 is 0. The summed E-state index contributed by atoms with van der Waals surface area (Å²) < 4.78 is 1.67. The van der Waals surface area contributed by atoms with Crippen molar-refractivity contribution in [2.24, 2.45) is 0 Å². The number of nitrogens with zero attached hydrogens (tertiary/aromatic N) is 4. The predicted octanol–water partition coefficient (Wildman–Crippen LogP) is 2.61. The van der Waals surface area contributed by atoms with Crippen LogP contribution in [0.1, 0.15) is 19.3 Å². The molecule has 29 heavy (non-hydrogen) atoms. The van der Waals surface area contributed by atoms with E-state index in [4.69, 9.17) is 15.7 Å². The standard InChI is InChI=1S/C21H21N7O/c22-15-9-3-1-7-13(15)18-26-19-14-8-2-4-10-16(14)24-21(28(19)27-18)25-17-11-5-6-12-23-20(17)29/h1-4,7-10,17H,5-6,11-12,22H2,(H,23,29)(H,24,25)/t17-/m1/s1. The van der Waals surface area contributed by atoms with Crippen LogP contribution in [-0.4, -0.2) is 38.1 Å². The van der Waals surface area contributed by atoms with Crippen molar-refractivity contribution < 1.29 is 4.79 Å². The normalized spacial score (nSPS) is 17.2. The number of nitrogen functional groups attached to an aromatic ring is 1. The summed E-state index contributed by atoms with van der Waals surface area (Å²) in [5, 5.41) is 11.8. The van der Waals surface area contributed by atoms with E-state index < -0.39 is 0 Å². The van der Waals surface area contributed by atoms with Gasteiger partial charge in [-0.15, -0.1) is 5.10 Å². The third-order valence-corrected chi connectivity index (χ3v) is 5.22. The van der Waals surface area contributed by atoms with Gasteiger partial charge < -0.3 is 16.4 Å². The first-order chi connectivity index (χ1) is 14.2. The van der Waals surface area contributed by atoms with Crippen LogP contribution in [0.25, 0.3) is 27.9 Å². The van der Waals surface area contributed by atoms with Crippen LogP contribution in [0.4, 0.5) is 11.6 Å². The summed E-state index contributed by atoms with van der Waals surface area (Å²) in [5.41, 5.74) is 8.97. The number of nitrogens with one attached hydrogen (secondary N) is 2. The van der Waals surface area contributed by atoms with Crippen molar-refractivity contribution in [3.05, 3.63) is 48.5 Å². The zero-order chi connectivity index (χ0) is 19.8. The lowest BCUT2D eigenvalue weighted by Crippen LogP contribution is -2.38. The molecule has 1 aliphatic heterocycles. The fourth-order valence-electron chi connectivity index (χ4n) is 3.70. The molecule has 5 rings (SSSR count). The fourth-order valence-corrected chi connectivity index (χ4v) is 3.70. The van der Waals surface area contributed by atoms with Crippen LogP contribution in [0.3, 0.4) is 0 Å². The first-order valence-corrected chi connectivity index (χ1v) is 9.75. The molecule has 4 N–H and O–H groups in total. The lowest BCUT2D eigenvalue weighted by Gasteiger charge is -2.16. The molecule has 0 aliphatic carbocycles. The van der Waals surface area contributed by atoms with Crippen LogP contribution < -0.4 is 16.4 Å². The first kappa shape index (κ1) is 17.4. The Hall–Kier alpha value is -3.68. The minimum absolute atomic E-state index is 0.0155. The minimum Gasteiger partial charge on any atom is -0.398 e. The maximum absolute atomic E-state index is 12.4. The SMILES string of the molecule is Nc1ccccc1-c1nc2c3ccccc3nc(N[C@@H]3CCCCNC3=O)n2n1. The van der Waals surface area contributed by atoms with Gasteiger partial charge in [0.1, 0.15) is 6.04 Å². The number of rotatable bonds is 3. The van der Waals surface area contributed by atoms with Crippen LogP contribution in [0, 0.1) is 0 Å². The fraction of sp³-hybridized carbons (Fsp3) is 0.238. The second-order valence-electron chi connectivity index (χ2n) is 7.19. The molecule has 1 aliphatic rings. The van der Waals surface area contributed by atoms with Gasteiger partial charge in [0.05, 0.1) is 5.52 Å². The van der Waals surface area contributed by atoms with Gasteiger partial charge in [0.15, 0.2) is 11.5 Å². The van der Waals surface area contributed by atoms with Gasteiger partial charge >= 0.3 is 0 Å². The third kappa shape index (κ3) is 3.12.